The Morgan fingerprint density at radius 3 is 2.45 bits per heavy atom. The summed E-state index contributed by atoms with van der Waals surface area (Å²) in [5.74, 6) is -2.80. The van der Waals surface area contributed by atoms with E-state index in [0.29, 0.717) is 0 Å². The molecule has 0 radical (unpaired) electrons. The van der Waals surface area contributed by atoms with Crippen LogP contribution in [0.4, 0.5) is 8.78 Å². The van der Waals surface area contributed by atoms with E-state index in [1.165, 1.54) is 36.4 Å². The lowest BCUT2D eigenvalue weighted by Gasteiger charge is -2.09. The smallest absolute Gasteiger partial charge is 0.269 e. The first-order valence-corrected chi connectivity index (χ1v) is 7.81. The molecule has 0 saturated carbocycles. The topological polar surface area (TPSA) is 75.3 Å². The highest BCUT2D eigenvalue weighted by atomic mass is 32.2. The van der Waals surface area contributed by atoms with Crippen molar-refractivity contribution in [3.8, 4) is 0 Å². The SMILES string of the molecule is O=C(NNS(=O)(=O)Cc1cccc(F)c1)c1ccccc1F. The molecule has 2 aromatic rings. The van der Waals surface area contributed by atoms with Gasteiger partial charge in [0, 0.05) is 0 Å². The van der Waals surface area contributed by atoms with Crippen LogP contribution in [0.15, 0.2) is 48.5 Å². The maximum atomic E-state index is 13.4. The average Bonchev–Trinajstić information content (AvgIpc) is 2.45. The minimum Gasteiger partial charge on any atom is -0.274 e. The first-order valence-electron chi connectivity index (χ1n) is 6.16. The van der Waals surface area contributed by atoms with Gasteiger partial charge in [0.05, 0.1) is 11.3 Å². The summed E-state index contributed by atoms with van der Waals surface area (Å²) in [7, 11) is -3.94. The Morgan fingerprint density at radius 1 is 1.05 bits per heavy atom. The van der Waals surface area contributed by atoms with E-state index >= 15 is 0 Å². The molecule has 0 aromatic heterocycles. The molecule has 0 heterocycles. The molecular formula is C14H12F2N2O3S. The van der Waals surface area contributed by atoms with Crippen molar-refractivity contribution in [2.45, 2.75) is 5.75 Å². The molecule has 116 valence electrons. The molecule has 1 amide bonds. The molecule has 0 fully saturated rings. The molecule has 0 aliphatic rings. The van der Waals surface area contributed by atoms with Crippen LogP contribution in [0.3, 0.4) is 0 Å². The van der Waals surface area contributed by atoms with Gasteiger partial charge >= 0.3 is 0 Å². The fourth-order valence-electron chi connectivity index (χ4n) is 1.72. The first-order chi connectivity index (χ1) is 10.4. The number of nitrogens with one attached hydrogen (secondary N) is 2. The summed E-state index contributed by atoms with van der Waals surface area (Å²) >= 11 is 0. The zero-order valence-corrected chi connectivity index (χ0v) is 12.0. The summed E-state index contributed by atoms with van der Waals surface area (Å²) in [5.41, 5.74) is 1.82. The van der Waals surface area contributed by atoms with Crippen molar-refractivity contribution >= 4 is 15.9 Å². The predicted octanol–water partition coefficient (Wildman–Crippen LogP) is 1.73. The molecule has 0 atom stereocenters. The van der Waals surface area contributed by atoms with Crippen LogP contribution in [-0.2, 0) is 15.8 Å². The van der Waals surface area contributed by atoms with Crippen molar-refractivity contribution < 1.29 is 22.0 Å². The number of hydrogen-bond donors (Lipinski definition) is 2. The first kappa shape index (κ1) is 16.1. The Morgan fingerprint density at radius 2 is 1.77 bits per heavy atom. The van der Waals surface area contributed by atoms with Crippen LogP contribution in [0.2, 0.25) is 0 Å². The Kier molecular flexibility index (Phi) is 4.84. The van der Waals surface area contributed by atoms with Crippen LogP contribution in [0.1, 0.15) is 15.9 Å². The van der Waals surface area contributed by atoms with E-state index in [-0.39, 0.29) is 11.1 Å². The minimum atomic E-state index is -3.94. The second-order valence-corrected chi connectivity index (χ2v) is 6.15. The molecule has 0 aliphatic heterocycles. The largest absolute Gasteiger partial charge is 0.274 e. The fraction of sp³-hybridized carbons (Fsp3) is 0.0714. The fourth-order valence-corrected chi connectivity index (χ4v) is 2.66. The third-order valence-electron chi connectivity index (χ3n) is 2.68. The number of rotatable bonds is 5. The zero-order valence-electron chi connectivity index (χ0n) is 11.2. The molecule has 2 N–H and O–H groups in total. The summed E-state index contributed by atoms with van der Waals surface area (Å²) < 4.78 is 49.9. The van der Waals surface area contributed by atoms with E-state index in [4.69, 9.17) is 0 Å². The monoisotopic (exact) mass is 326 g/mol. The standard InChI is InChI=1S/C14H12F2N2O3S/c15-11-5-3-4-10(8-11)9-22(20,21)18-17-14(19)12-6-1-2-7-13(12)16/h1-8,18H,9H2,(H,17,19). The van der Waals surface area contributed by atoms with Crippen molar-refractivity contribution in [3.05, 3.63) is 71.3 Å². The number of benzene rings is 2. The van der Waals surface area contributed by atoms with Gasteiger partial charge in [-0.15, -0.1) is 4.83 Å². The maximum absolute atomic E-state index is 13.4. The zero-order chi connectivity index (χ0) is 16.2. The minimum absolute atomic E-state index is 0.215. The number of halogens is 2. The van der Waals surface area contributed by atoms with Crippen LogP contribution >= 0.6 is 0 Å². The molecule has 8 heteroatoms. The molecule has 0 unspecified atom stereocenters. The number of amides is 1. The van der Waals surface area contributed by atoms with Gasteiger partial charge < -0.3 is 0 Å². The molecule has 0 spiro atoms. The summed E-state index contributed by atoms with van der Waals surface area (Å²) in [4.78, 5) is 13.5. The second kappa shape index (κ2) is 6.63. The van der Waals surface area contributed by atoms with E-state index < -0.39 is 33.3 Å². The van der Waals surface area contributed by atoms with Gasteiger partial charge in [0.2, 0.25) is 10.0 Å². The van der Waals surface area contributed by atoms with Crippen LogP contribution in [0, 0.1) is 11.6 Å². The van der Waals surface area contributed by atoms with Crippen molar-refractivity contribution in [1.29, 1.82) is 0 Å². The van der Waals surface area contributed by atoms with Crippen LogP contribution in [0.5, 0.6) is 0 Å². The quantitative estimate of drug-likeness (QED) is 0.822. The molecule has 0 saturated heterocycles. The number of hydrogen-bond acceptors (Lipinski definition) is 3. The van der Waals surface area contributed by atoms with Crippen molar-refractivity contribution in [1.82, 2.24) is 10.3 Å². The van der Waals surface area contributed by atoms with Crippen LogP contribution < -0.4 is 10.3 Å². The third-order valence-corrected chi connectivity index (χ3v) is 3.81. The lowest BCUT2D eigenvalue weighted by Crippen LogP contribution is -2.42. The second-order valence-electron chi connectivity index (χ2n) is 4.43. The van der Waals surface area contributed by atoms with Gasteiger partial charge in [0.25, 0.3) is 5.91 Å². The van der Waals surface area contributed by atoms with E-state index in [2.05, 4.69) is 0 Å². The number of carbonyl (C=O) groups is 1. The Labute approximate surface area is 126 Å². The highest BCUT2D eigenvalue weighted by Gasteiger charge is 2.16. The summed E-state index contributed by atoms with van der Waals surface area (Å²) in [6.45, 7) is 0. The Hall–Kier alpha value is -2.32. The van der Waals surface area contributed by atoms with Crippen LogP contribution in [0.25, 0.3) is 0 Å². The summed E-state index contributed by atoms with van der Waals surface area (Å²) in [6, 6.07) is 10.2. The number of sulfonamides is 1. The van der Waals surface area contributed by atoms with Gasteiger partial charge in [-0.05, 0) is 29.8 Å². The highest BCUT2D eigenvalue weighted by molar-refractivity contribution is 7.88. The molecule has 22 heavy (non-hydrogen) atoms. The average molecular weight is 326 g/mol. The van der Waals surface area contributed by atoms with Crippen molar-refractivity contribution in [3.63, 3.8) is 0 Å². The molecule has 5 nitrogen and oxygen atoms in total. The van der Waals surface area contributed by atoms with Crippen molar-refractivity contribution in [2.75, 3.05) is 0 Å². The van der Waals surface area contributed by atoms with Gasteiger partial charge in [-0.25, -0.2) is 17.2 Å². The van der Waals surface area contributed by atoms with E-state index in [9.17, 15) is 22.0 Å². The third kappa shape index (κ3) is 4.34. The summed E-state index contributed by atoms with van der Waals surface area (Å²) in [6.07, 6.45) is 0. The molecule has 2 aromatic carbocycles. The van der Waals surface area contributed by atoms with Crippen molar-refractivity contribution in [2.24, 2.45) is 0 Å². The van der Waals surface area contributed by atoms with Crippen LogP contribution in [-0.4, -0.2) is 14.3 Å². The number of hydrazine groups is 1. The van der Waals surface area contributed by atoms with E-state index in [1.54, 1.807) is 0 Å². The van der Waals surface area contributed by atoms with Gasteiger partial charge in [-0.1, -0.05) is 24.3 Å². The van der Waals surface area contributed by atoms with Gasteiger partial charge in [0.15, 0.2) is 0 Å². The Bertz CT molecular complexity index is 794. The highest BCUT2D eigenvalue weighted by Crippen LogP contribution is 2.08. The van der Waals surface area contributed by atoms with Gasteiger partial charge in [-0.3, -0.25) is 10.2 Å². The van der Waals surface area contributed by atoms with E-state index in [1.807, 2.05) is 10.3 Å². The summed E-state index contributed by atoms with van der Waals surface area (Å²) in [5, 5.41) is 0. The lowest BCUT2D eigenvalue weighted by atomic mass is 10.2. The molecular weight excluding hydrogens is 314 g/mol. The number of carbonyl (C=O) groups excluding carboxylic acids is 1. The molecule has 2 rings (SSSR count). The predicted molar refractivity (Wildman–Crippen MR) is 76.0 cm³/mol. The molecule has 0 bridgehead atoms. The maximum Gasteiger partial charge on any atom is 0.269 e. The van der Waals surface area contributed by atoms with Gasteiger partial charge in [-0.2, -0.15) is 0 Å². The van der Waals surface area contributed by atoms with E-state index in [0.717, 1.165) is 12.1 Å². The normalized spacial score (nSPS) is 11.2. The van der Waals surface area contributed by atoms with Gasteiger partial charge in [0.1, 0.15) is 11.6 Å². The Balaban J connectivity index is 2.01. The lowest BCUT2D eigenvalue weighted by molar-refractivity contribution is 0.0941. The molecule has 0 aliphatic carbocycles.